The lowest BCUT2D eigenvalue weighted by atomic mass is 9.79. The van der Waals surface area contributed by atoms with Gasteiger partial charge in [0.15, 0.2) is 5.60 Å². The molecule has 0 spiro atoms. The zero-order valence-corrected chi connectivity index (χ0v) is 43.3. The number of nitrogens with one attached hydrogen (secondary N) is 3. The molecule has 0 saturated heterocycles. The molecule has 0 radical (unpaired) electrons. The Balaban J connectivity index is 1.12. The fraction of sp³-hybridized carbons (Fsp3) is 0.519. The van der Waals surface area contributed by atoms with Crippen molar-refractivity contribution in [3.63, 3.8) is 0 Å². The molecule has 0 saturated carbocycles. The number of hydrogen-bond acceptors (Lipinski definition) is 14. The van der Waals surface area contributed by atoms with Crippen LogP contribution in [0.2, 0.25) is 0 Å². The molecule has 4 amide bonds. The van der Waals surface area contributed by atoms with Crippen LogP contribution in [0.25, 0.3) is 22.3 Å². The number of fused-ring (bicyclic) bond motifs is 5. The number of aliphatic hydroxyl groups is 1. The van der Waals surface area contributed by atoms with E-state index in [9.17, 15) is 42.3 Å². The van der Waals surface area contributed by atoms with E-state index in [-0.39, 0.29) is 67.6 Å². The Labute approximate surface area is 424 Å². The normalized spacial score (nSPS) is 16.1. The predicted molar refractivity (Wildman–Crippen MR) is 269 cm³/mol. The Morgan fingerprint density at radius 2 is 1.71 bits per heavy atom. The summed E-state index contributed by atoms with van der Waals surface area (Å²) in [5.74, 6) is -0.116. The highest BCUT2D eigenvalue weighted by atomic mass is 32.2. The molecule has 2 aliphatic heterocycles. The monoisotopic (exact) mass is 1030 g/mol. The second-order valence-electron chi connectivity index (χ2n) is 19.0. The van der Waals surface area contributed by atoms with Gasteiger partial charge in [-0.2, -0.15) is 0 Å². The zero-order chi connectivity index (χ0) is 53.4. The lowest BCUT2D eigenvalue weighted by molar-refractivity contribution is -0.172. The number of carbonyl (C=O) groups is 5. The fourth-order valence-electron chi connectivity index (χ4n) is 9.60. The number of unbranched alkanes of at least 4 members (excludes halogenated alkanes) is 1. The third-order valence-electron chi connectivity index (χ3n) is 13.8. The average molecular weight is 1030 g/mol. The van der Waals surface area contributed by atoms with E-state index in [4.69, 9.17) is 15.5 Å². The minimum atomic E-state index is -3.59. The van der Waals surface area contributed by atoms with E-state index in [0.29, 0.717) is 52.7 Å². The number of pyridine rings is 2. The van der Waals surface area contributed by atoms with Crippen LogP contribution in [-0.2, 0) is 63.7 Å². The Hall–Kier alpha value is -6.63. The van der Waals surface area contributed by atoms with Crippen LogP contribution in [0.4, 0.5) is 4.39 Å². The van der Waals surface area contributed by atoms with Crippen molar-refractivity contribution in [2.75, 3.05) is 39.0 Å². The maximum Gasteiger partial charge on any atom is 0.343 e. The van der Waals surface area contributed by atoms with Crippen molar-refractivity contribution in [3.05, 3.63) is 80.1 Å². The zero-order valence-electron chi connectivity index (χ0n) is 42.5. The van der Waals surface area contributed by atoms with Crippen molar-refractivity contribution in [2.24, 2.45) is 23.5 Å². The van der Waals surface area contributed by atoms with Gasteiger partial charge in [-0.3, -0.25) is 24.0 Å². The van der Waals surface area contributed by atoms with E-state index in [1.807, 2.05) is 0 Å². The van der Waals surface area contributed by atoms with Gasteiger partial charge < -0.3 is 41.0 Å². The highest BCUT2D eigenvalue weighted by molar-refractivity contribution is 7.90. The number of nitrogens with two attached hydrogens (primary N) is 1. The summed E-state index contributed by atoms with van der Waals surface area (Å²) in [4.78, 5) is 95.4. The lowest BCUT2D eigenvalue weighted by Gasteiger charge is -2.31. The van der Waals surface area contributed by atoms with Crippen LogP contribution >= 0.6 is 0 Å². The summed E-state index contributed by atoms with van der Waals surface area (Å²) in [6.07, 6.45) is 6.18. The number of nitrogens with zero attached hydrogens (tertiary/aromatic N) is 5. The average Bonchev–Trinajstić information content (AvgIpc) is 3.72. The summed E-state index contributed by atoms with van der Waals surface area (Å²) in [7, 11) is -3.59. The van der Waals surface area contributed by atoms with E-state index in [1.165, 1.54) is 23.0 Å². The summed E-state index contributed by atoms with van der Waals surface area (Å²) in [5.41, 5.74) is 7.19. The summed E-state index contributed by atoms with van der Waals surface area (Å²) >= 11 is 0. The molecule has 1 aromatic carbocycles. The molecule has 392 valence electrons. The van der Waals surface area contributed by atoms with Crippen LogP contribution in [0.5, 0.6) is 0 Å². The number of rotatable bonds is 23. The van der Waals surface area contributed by atoms with Crippen LogP contribution < -0.4 is 27.2 Å². The van der Waals surface area contributed by atoms with Crippen molar-refractivity contribution < 1.29 is 46.6 Å². The van der Waals surface area contributed by atoms with Crippen molar-refractivity contribution in [1.29, 1.82) is 0 Å². The number of ether oxygens (including phenoxy) is 1. The molecule has 0 bridgehead atoms. The number of cyclic esters (lactones) is 1. The number of esters is 1. The Bertz CT molecular complexity index is 3000. The number of carbonyl (C=O) groups excluding carboxylic acids is 5. The second kappa shape index (κ2) is 23.9. The number of sulfone groups is 1. The second-order valence-corrected chi connectivity index (χ2v) is 20.9. The van der Waals surface area contributed by atoms with Crippen molar-refractivity contribution in [1.82, 2.24) is 40.4 Å². The molecule has 0 aliphatic carbocycles. The smallest absolute Gasteiger partial charge is 0.343 e. The third-order valence-corrected chi connectivity index (χ3v) is 14.6. The molecule has 73 heavy (non-hydrogen) atoms. The Morgan fingerprint density at radius 3 is 2.36 bits per heavy atom. The summed E-state index contributed by atoms with van der Waals surface area (Å²) in [5, 5.41) is 20.1. The van der Waals surface area contributed by atoms with E-state index in [1.54, 1.807) is 39.8 Å². The summed E-state index contributed by atoms with van der Waals surface area (Å²) < 4.78 is 45.2. The lowest BCUT2D eigenvalue weighted by Crippen LogP contribution is -2.52. The first kappa shape index (κ1) is 55.7. The topological polar surface area (TPSA) is 275 Å². The number of amides is 4. The number of aryl methyl sites for hydroxylation is 2. The van der Waals surface area contributed by atoms with Gasteiger partial charge in [0, 0.05) is 54.2 Å². The Kier molecular flexibility index (Phi) is 18.3. The molecule has 4 atom stereocenters. The van der Waals surface area contributed by atoms with Crippen LogP contribution in [0.15, 0.2) is 40.5 Å². The summed E-state index contributed by atoms with van der Waals surface area (Å²) in [6.45, 7) is 13.1. The molecule has 21 heteroatoms. The van der Waals surface area contributed by atoms with Gasteiger partial charge in [-0.25, -0.2) is 32.6 Å². The Morgan fingerprint density at radius 1 is 1.00 bits per heavy atom. The van der Waals surface area contributed by atoms with Gasteiger partial charge >= 0.3 is 5.97 Å². The van der Waals surface area contributed by atoms with Gasteiger partial charge in [0.1, 0.15) is 18.5 Å². The van der Waals surface area contributed by atoms with Gasteiger partial charge in [0.2, 0.25) is 38.6 Å². The summed E-state index contributed by atoms with van der Waals surface area (Å²) in [6, 6.07) is 3.60. The van der Waals surface area contributed by atoms with Crippen molar-refractivity contribution in [3.8, 4) is 23.2 Å². The first-order chi connectivity index (χ1) is 34.6. The molecular formula is C52H66FN9O10S. The van der Waals surface area contributed by atoms with Crippen LogP contribution in [0.3, 0.4) is 0 Å². The standard InChI is InChI=1S/C52H66FN9O10S/c1-8-52(69)38-23-42-45-36(28-62(42)49(67)37(38)29-72-50(52)68)33(35-22-31(6)39(53)24-41(35)59-45)18-15-20-55-43(63)27-56-47(65)40(19-13-14-21-61(9-2)10-3)60-48(66)44(30(4)5)34(46(54)64)17-12-11-16-32-25-57-51(58-26-32)73(7,70)71/h22-26,30,34,40,44,69H,8-10,12-15,17-21,27-29H2,1-7H3,(H2,54,64)(H,55,63)(H,56,65)(H,60,66)/t34?,40-,44-,52-/m0/s1. The van der Waals surface area contributed by atoms with E-state index in [0.717, 1.165) is 43.4 Å². The molecule has 6 N–H and O–H groups in total. The van der Waals surface area contributed by atoms with Gasteiger partial charge in [-0.15, -0.1) is 0 Å². The molecule has 6 rings (SSSR count). The minimum Gasteiger partial charge on any atom is -0.458 e. The maximum absolute atomic E-state index is 15.0. The quantitative estimate of drug-likeness (QED) is 0.0272. The first-order valence-corrected chi connectivity index (χ1v) is 26.7. The predicted octanol–water partition coefficient (Wildman–Crippen LogP) is 3.09. The largest absolute Gasteiger partial charge is 0.458 e. The van der Waals surface area contributed by atoms with E-state index < -0.39 is 80.8 Å². The number of primary amides is 1. The van der Waals surface area contributed by atoms with Crippen LogP contribution in [0.1, 0.15) is 113 Å². The van der Waals surface area contributed by atoms with Crippen molar-refractivity contribution >= 4 is 50.3 Å². The van der Waals surface area contributed by atoms with Gasteiger partial charge in [-0.1, -0.05) is 46.5 Å². The molecule has 2 aliphatic rings. The van der Waals surface area contributed by atoms with Crippen LogP contribution in [-0.4, -0.2) is 113 Å². The van der Waals surface area contributed by atoms with Gasteiger partial charge in [-0.05, 0) is 101 Å². The number of benzene rings is 1. The van der Waals surface area contributed by atoms with E-state index >= 15 is 4.39 Å². The third kappa shape index (κ3) is 12.8. The molecular weight excluding hydrogens is 962 g/mol. The number of hydrogen-bond donors (Lipinski definition) is 5. The minimum absolute atomic E-state index is 0.0235. The SMILES string of the molecule is CCN(CC)CCCC[C@H](NC(=O)[C@@H](C(C)C)C(CCC#Cc1cnc(S(C)(=O)=O)nc1)C(N)=O)C(=O)NCC(=O)NCCCc1c2c(nc3cc(F)c(C)cc13)-c1cc3c(c(=O)n1C2)COC(=O)[C@]3(O)CC. The van der Waals surface area contributed by atoms with Gasteiger partial charge in [0.05, 0.1) is 53.0 Å². The molecule has 0 fully saturated rings. The van der Waals surface area contributed by atoms with Gasteiger partial charge in [0.25, 0.3) is 5.56 Å². The highest BCUT2D eigenvalue weighted by Gasteiger charge is 2.45. The van der Waals surface area contributed by atoms with Crippen molar-refractivity contribution in [2.45, 2.75) is 123 Å². The van der Waals surface area contributed by atoms with E-state index in [2.05, 4.69) is 56.5 Å². The number of aromatic nitrogens is 4. The molecule has 4 aromatic rings. The first-order valence-electron chi connectivity index (χ1n) is 24.8. The number of halogens is 1. The maximum atomic E-state index is 15.0. The molecule has 3 aromatic heterocycles. The molecule has 19 nitrogen and oxygen atoms in total. The molecule has 1 unspecified atom stereocenters. The fourth-order valence-corrected chi connectivity index (χ4v) is 10.1. The highest BCUT2D eigenvalue weighted by Crippen LogP contribution is 2.41. The molecule has 5 heterocycles. The van der Waals surface area contributed by atoms with Crippen LogP contribution in [0, 0.1) is 42.3 Å².